The first kappa shape index (κ1) is 18.1. The molecular weight excluding hydrogens is 367 g/mol. The molecule has 1 aromatic heterocycles. The predicted molar refractivity (Wildman–Crippen MR) is 107 cm³/mol. The molecule has 29 heavy (non-hydrogen) atoms. The van der Waals surface area contributed by atoms with Crippen LogP contribution in [0.2, 0.25) is 0 Å². The molecule has 0 spiro atoms. The molecule has 148 valence electrons. The third kappa shape index (κ3) is 3.15. The van der Waals surface area contributed by atoms with Gasteiger partial charge in [-0.15, -0.1) is 0 Å². The molecule has 0 bridgehead atoms. The molecule has 1 unspecified atom stereocenters. The van der Waals surface area contributed by atoms with Gasteiger partial charge in [0, 0.05) is 24.0 Å². The quantitative estimate of drug-likeness (QED) is 0.489. The first-order valence-electron chi connectivity index (χ1n) is 10.3. The summed E-state index contributed by atoms with van der Waals surface area (Å²) in [6.07, 6.45) is 8.04. The van der Waals surface area contributed by atoms with E-state index < -0.39 is 0 Å². The Kier molecular flexibility index (Phi) is 4.46. The Morgan fingerprint density at radius 2 is 2.03 bits per heavy atom. The van der Waals surface area contributed by atoms with Gasteiger partial charge in [-0.3, -0.25) is 4.79 Å². The maximum absolute atomic E-state index is 13.1. The largest absolute Gasteiger partial charge is 0.493 e. The van der Waals surface area contributed by atoms with Gasteiger partial charge in [0.1, 0.15) is 30.0 Å². The van der Waals surface area contributed by atoms with Crippen molar-refractivity contribution in [2.75, 3.05) is 6.61 Å². The highest BCUT2D eigenvalue weighted by atomic mass is 19.1. The van der Waals surface area contributed by atoms with E-state index >= 15 is 0 Å². The van der Waals surface area contributed by atoms with Crippen molar-refractivity contribution in [2.45, 2.75) is 45.2 Å². The summed E-state index contributed by atoms with van der Waals surface area (Å²) in [5.41, 5.74) is 4.62. The highest BCUT2D eigenvalue weighted by Crippen LogP contribution is 2.40. The number of Topliss-reactive ketones (excluding diaryl/α,β-unsaturated/α-hetero) is 1. The predicted octanol–water partition coefficient (Wildman–Crippen LogP) is 3.83. The van der Waals surface area contributed by atoms with Crippen LogP contribution in [0.5, 0.6) is 5.75 Å². The van der Waals surface area contributed by atoms with Crippen molar-refractivity contribution >= 4 is 5.78 Å². The molecule has 0 N–H and O–H groups in total. The molecule has 0 fully saturated rings. The van der Waals surface area contributed by atoms with Crippen molar-refractivity contribution < 1.29 is 18.5 Å². The number of carbonyl (C=O) groups is 1. The second-order valence-electron chi connectivity index (χ2n) is 7.84. The van der Waals surface area contributed by atoms with Gasteiger partial charge in [-0.1, -0.05) is 13.0 Å². The number of ketones is 1. The number of benzene rings is 2. The van der Waals surface area contributed by atoms with Crippen LogP contribution in [-0.2, 0) is 25.8 Å². The zero-order valence-electron chi connectivity index (χ0n) is 16.5. The summed E-state index contributed by atoms with van der Waals surface area (Å²) in [4.78, 5) is 12.7. The molecule has 1 atom stereocenters. The fraction of sp³-hybridized carbons (Fsp3) is 0.333. The molecule has 4 nitrogen and oxygen atoms in total. The summed E-state index contributed by atoms with van der Waals surface area (Å²) in [7, 11) is 0. The molecule has 2 heterocycles. The molecule has 0 saturated heterocycles. The number of hydrogen-bond donors (Lipinski definition) is 0. The molecular formula is C24H24FN2O2+. The average molecular weight is 391 g/mol. The van der Waals surface area contributed by atoms with Crippen LogP contribution in [0.4, 0.5) is 4.39 Å². The maximum atomic E-state index is 13.1. The molecule has 2 aromatic carbocycles. The summed E-state index contributed by atoms with van der Waals surface area (Å²) in [6.45, 7) is 3.15. The molecule has 2 aliphatic rings. The van der Waals surface area contributed by atoms with Crippen molar-refractivity contribution in [3.63, 3.8) is 0 Å². The average Bonchev–Trinajstić information content (AvgIpc) is 3.44. The van der Waals surface area contributed by atoms with Gasteiger partial charge in [-0.25, -0.2) is 13.5 Å². The summed E-state index contributed by atoms with van der Waals surface area (Å²) in [5.74, 6) is 1.81. The van der Waals surface area contributed by atoms with Gasteiger partial charge >= 0.3 is 0 Å². The zero-order valence-corrected chi connectivity index (χ0v) is 16.5. The molecule has 0 saturated carbocycles. The molecule has 5 heteroatoms. The Labute approximate surface area is 169 Å². The lowest BCUT2D eigenvalue weighted by Gasteiger charge is -2.12. The summed E-state index contributed by atoms with van der Waals surface area (Å²) < 4.78 is 23.3. The number of nitrogens with zero attached hydrogens (tertiary/aromatic N) is 2. The van der Waals surface area contributed by atoms with Gasteiger partial charge in [-0.2, -0.15) is 0 Å². The minimum atomic E-state index is -0.329. The maximum Gasteiger partial charge on any atom is 0.257 e. The van der Waals surface area contributed by atoms with E-state index in [0.29, 0.717) is 5.56 Å². The van der Waals surface area contributed by atoms with Gasteiger partial charge in [0.05, 0.1) is 6.61 Å². The number of rotatable bonds is 5. The molecule has 0 amide bonds. The highest BCUT2D eigenvalue weighted by molar-refractivity contribution is 5.94. The van der Waals surface area contributed by atoms with Gasteiger partial charge < -0.3 is 4.74 Å². The van der Waals surface area contributed by atoms with Crippen LogP contribution < -0.4 is 9.30 Å². The summed E-state index contributed by atoms with van der Waals surface area (Å²) >= 11 is 0. The van der Waals surface area contributed by atoms with Crippen molar-refractivity contribution in [1.29, 1.82) is 0 Å². The summed E-state index contributed by atoms with van der Waals surface area (Å²) in [6, 6.07) is 10.6. The number of carbonyl (C=O) groups excluding carboxylic acids is 1. The Balaban J connectivity index is 1.44. The number of hydrogen-bond acceptors (Lipinski definition) is 2. The first-order chi connectivity index (χ1) is 14.1. The number of imidazole rings is 1. The van der Waals surface area contributed by atoms with Crippen molar-refractivity contribution in [3.8, 4) is 5.75 Å². The molecule has 1 aliphatic heterocycles. The Morgan fingerprint density at radius 1 is 1.21 bits per heavy atom. The van der Waals surface area contributed by atoms with Crippen molar-refractivity contribution in [2.24, 2.45) is 0 Å². The Bertz CT molecular complexity index is 1090. The normalized spacial score (nSPS) is 17.1. The van der Waals surface area contributed by atoms with Crippen LogP contribution in [-0.4, -0.2) is 17.0 Å². The topological polar surface area (TPSA) is 35.1 Å². The van der Waals surface area contributed by atoms with Crippen LogP contribution in [0.1, 0.15) is 52.3 Å². The van der Waals surface area contributed by atoms with E-state index in [9.17, 15) is 9.18 Å². The fourth-order valence-electron chi connectivity index (χ4n) is 4.72. The lowest BCUT2D eigenvalue weighted by atomic mass is 10.0. The van der Waals surface area contributed by atoms with E-state index in [2.05, 4.69) is 29.8 Å². The molecule has 1 aliphatic carbocycles. The minimum Gasteiger partial charge on any atom is -0.493 e. The standard InChI is InChI=1S/C24H24FN2O2/c1-2-24-26(15-22(28)16-3-6-19(25)7-4-16)10-11-27(24)21-8-5-17-13-18-9-12-29-23(18)14-20(17)21/h3-4,6-7,10-11,13-14,21H,2,5,8-9,12,15H2,1H3/q+1. The highest BCUT2D eigenvalue weighted by Gasteiger charge is 2.33. The van der Waals surface area contributed by atoms with E-state index in [1.807, 2.05) is 10.8 Å². The third-order valence-electron chi connectivity index (χ3n) is 6.17. The fourth-order valence-corrected chi connectivity index (χ4v) is 4.72. The molecule has 5 rings (SSSR count). The number of ether oxygens (including phenoxy) is 1. The Morgan fingerprint density at radius 3 is 2.83 bits per heavy atom. The smallest absolute Gasteiger partial charge is 0.257 e. The lowest BCUT2D eigenvalue weighted by molar-refractivity contribution is -0.690. The van der Waals surface area contributed by atoms with Crippen molar-refractivity contribution in [1.82, 2.24) is 4.57 Å². The minimum absolute atomic E-state index is 0.0134. The monoisotopic (exact) mass is 391 g/mol. The molecule has 0 radical (unpaired) electrons. The van der Waals surface area contributed by atoms with E-state index in [0.717, 1.165) is 43.9 Å². The number of aromatic nitrogens is 2. The van der Waals surface area contributed by atoms with Crippen LogP contribution in [0.3, 0.4) is 0 Å². The van der Waals surface area contributed by atoms with E-state index in [1.165, 1.54) is 28.8 Å². The van der Waals surface area contributed by atoms with Gasteiger partial charge in [0.2, 0.25) is 5.78 Å². The Hall–Kier alpha value is -2.95. The van der Waals surface area contributed by atoms with Crippen LogP contribution in [0.25, 0.3) is 0 Å². The van der Waals surface area contributed by atoms with Crippen LogP contribution >= 0.6 is 0 Å². The van der Waals surface area contributed by atoms with Gasteiger partial charge in [-0.05, 0) is 54.3 Å². The van der Waals surface area contributed by atoms with E-state index in [1.54, 1.807) is 12.1 Å². The van der Waals surface area contributed by atoms with Crippen LogP contribution in [0.15, 0.2) is 48.8 Å². The van der Waals surface area contributed by atoms with Gasteiger partial charge in [0.25, 0.3) is 5.82 Å². The van der Waals surface area contributed by atoms with Crippen LogP contribution in [0, 0.1) is 5.82 Å². The zero-order chi connectivity index (χ0) is 20.0. The third-order valence-corrected chi connectivity index (χ3v) is 6.17. The number of halogens is 1. The lowest BCUT2D eigenvalue weighted by Crippen LogP contribution is -2.41. The second-order valence-corrected chi connectivity index (χ2v) is 7.84. The van der Waals surface area contributed by atoms with E-state index in [-0.39, 0.29) is 24.2 Å². The second kappa shape index (κ2) is 7.14. The van der Waals surface area contributed by atoms with Crippen molar-refractivity contribution in [3.05, 3.63) is 82.7 Å². The SMILES string of the molecule is CCc1n(C2CCc3cc4c(cc32)OCC4)cc[n+]1CC(=O)c1ccc(F)cc1. The number of fused-ring (bicyclic) bond motifs is 2. The van der Waals surface area contributed by atoms with Gasteiger partial charge in [0.15, 0.2) is 6.54 Å². The summed E-state index contributed by atoms with van der Waals surface area (Å²) in [5, 5.41) is 0. The van der Waals surface area contributed by atoms with E-state index in [4.69, 9.17) is 4.74 Å². The number of aryl methyl sites for hydroxylation is 1. The first-order valence-corrected chi connectivity index (χ1v) is 10.3. The molecule has 3 aromatic rings.